The van der Waals surface area contributed by atoms with Crippen molar-refractivity contribution < 1.29 is 4.79 Å². The van der Waals surface area contributed by atoms with E-state index in [1.165, 1.54) is 19.3 Å². The van der Waals surface area contributed by atoms with Crippen LogP contribution in [0.4, 0.5) is 0 Å². The molecule has 1 aliphatic heterocycles. The number of piperidine rings is 1. The second-order valence-corrected chi connectivity index (χ2v) is 2.24. The first-order valence-corrected chi connectivity index (χ1v) is 3.33. The summed E-state index contributed by atoms with van der Waals surface area (Å²) in [4.78, 5) is 9.86. The zero-order valence-corrected chi connectivity index (χ0v) is 5.42. The molecule has 51 valence electrons. The fourth-order valence-corrected chi connectivity index (χ4v) is 1.06. The fraction of sp³-hybridized carbons (Fsp3) is 0.833. The lowest BCUT2D eigenvalue weighted by Gasteiger charge is -2.21. The summed E-state index contributed by atoms with van der Waals surface area (Å²) in [5.74, 6) is 0. The maximum atomic E-state index is 9.86. The van der Waals surface area contributed by atoms with E-state index in [1.807, 2.05) is 5.01 Å². The average Bonchev–Trinajstić information content (AvgIpc) is 1.91. The van der Waals surface area contributed by atoms with Crippen LogP contribution in [0.1, 0.15) is 19.3 Å². The number of amides is 1. The number of nitrogens with zero attached hydrogens (tertiary/aromatic N) is 2. The van der Waals surface area contributed by atoms with E-state index in [9.17, 15) is 4.79 Å². The van der Waals surface area contributed by atoms with Crippen molar-refractivity contribution in [2.24, 2.45) is 0 Å². The van der Waals surface area contributed by atoms with Crippen molar-refractivity contribution in [1.29, 1.82) is 0 Å². The number of rotatable bonds is 2. The molecule has 0 atom stereocenters. The molecule has 1 aliphatic rings. The normalized spacial score (nSPS) is 21.3. The third-order valence-corrected chi connectivity index (χ3v) is 1.54. The van der Waals surface area contributed by atoms with E-state index in [0.29, 0.717) is 6.41 Å². The van der Waals surface area contributed by atoms with Crippen LogP contribution in [0.5, 0.6) is 0 Å². The zero-order chi connectivity index (χ0) is 6.53. The van der Waals surface area contributed by atoms with Crippen LogP contribution in [0.25, 0.3) is 0 Å². The van der Waals surface area contributed by atoms with Crippen LogP contribution in [-0.4, -0.2) is 24.5 Å². The smallest absolute Gasteiger partial charge is 0.244 e. The Morgan fingerprint density at radius 1 is 1.22 bits per heavy atom. The first-order chi connectivity index (χ1) is 4.43. The van der Waals surface area contributed by atoms with E-state index >= 15 is 0 Å². The van der Waals surface area contributed by atoms with E-state index in [0.717, 1.165) is 13.1 Å². The monoisotopic (exact) mass is 127 g/mol. The summed E-state index contributed by atoms with van der Waals surface area (Å²) in [6.45, 7) is 1.91. The third-order valence-electron chi connectivity index (χ3n) is 1.54. The molecule has 0 unspecified atom stereocenters. The van der Waals surface area contributed by atoms with Crippen molar-refractivity contribution in [3.05, 3.63) is 0 Å². The Morgan fingerprint density at radius 2 is 1.89 bits per heavy atom. The Bertz CT molecular complexity index is 89.1. The molecule has 0 aromatic heterocycles. The minimum atomic E-state index is 0.616. The van der Waals surface area contributed by atoms with Gasteiger partial charge >= 0.3 is 0 Å². The molecule has 1 fully saturated rings. The van der Waals surface area contributed by atoms with Crippen molar-refractivity contribution in [2.75, 3.05) is 13.1 Å². The predicted octanol–water partition coefficient (Wildman–Crippen LogP) is 0.148. The summed E-state index contributed by atoms with van der Waals surface area (Å²) in [7, 11) is 0. The van der Waals surface area contributed by atoms with Crippen molar-refractivity contribution in [1.82, 2.24) is 10.4 Å². The summed E-state index contributed by atoms with van der Waals surface area (Å²) in [5.41, 5.74) is 3.64. The van der Waals surface area contributed by atoms with Crippen LogP contribution in [0, 0.1) is 0 Å². The molecule has 3 nitrogen and oxygen atoms in total. The van der Waals surface area contributed by atoms with Crippen LogP contribution in [0.3, 0.4) is 0 Å². The molecule has 1 saturated heterocycles. The van der Waals surface area contributed by atoms with Gasteiger partial charge in [-0.2, -0.15) is 10.4 Å². The van der Waals surface area contributed by atoms with Gasteiger partial charge in [0.15, 0.2) is 0 Å². The Morgan fingerprint density at radius 3 is 2.44 bits per heavy atom. The van der Waals surface area contributed by atoms with Gasteiger partial charge < -0.3 is 0 Å². The van der Waals surface area contributed by atoms with E-state index in [4.69, 9.17) is 0 Å². The third kappa shape index (κ3) is 2.01. The average molecular weight is 127 g/mol. The summed E-state index contributed by atoms with van der Waals surface area (Å²) in [5, 5.41) is 1.83. The predicted molar refractivity (Wildman–Crippen MR) is 33.6 cm³/mol. The van der Waals surface area contributed by atoms with Gasteiger partial charge in [0.1, 0.15) is 0 Å². The lowest BCUT2D eigenvalue weighted by atomic mass is 10.2. The Kier molecular flexibility index (Phi) is 2.51. The molecule has 0 aliphatic carbocycles. The van der Waals surface area contributed by atoms with Crippen LogP contribution in [0.2, 0.25) is 0 Å². The SMILES string of the molecule is O=C[N]N1CCCCC1. The van der Waals surface area contributed by atoms with Gasteiger partial charge in [0.25, 0.3) is 0 Å². The highest BCUT2D eigenvalue weighted by Gasteiger charge is 2.08. The molecule has 9 heavy (non-hydrogen) atoms. The number of carbonyl (C=O) groups is 1. The minimum absolute atomic E-state index is 0.616. The highest BCUT2D eigenvalue weighted by molar-refractivity contribution is 5.44. The number of hydrogen-bond acceptors (Lipinski definition) is 2. The van der Waals surface area contributed by atoms with Crippen LogP contribution in [-0.2, 0) is 4.79 Å². The summed E-state index contributed by atoms with van der Waals surface area (Å²) >= 11 is 0. The molecule has 3 heteroatoms. The minimum Gasteiger partial charge on any atom is -0.275 e. The molecule has 0 saturated carbocycles. The molecular weight excluding hydrogens is 116 g/mol. The zero-order valence-electron chi connectivity index (χ0n) is 5.42. The Balaban J connectivity index is 2.15. The molecule has 1 amide bonds. The molecule has 0 spiro atoms. The molecule has 0 aromatic rings. The van der Waals surface area contributed by atoms with E-state index in [1.54, 1.807) is 0 Å². The highest BCUT2D eigenvalue weighted by atomic mass is 16.1. The van der Waals surface area contributed by atoms with Gasteiger partial charge in [0.05, 0.1) is 0 Å². The largest absolute Gasteiger partial charge is 0.275 e. The van der Waals surface area contributed by atoms with Crippen LogP contribution in [0.15, 0.2) is 0 Å². The second-order valence-electron chi connectivity index (χ2n) is 2.24. The van der Waals surface area contributed by atoms with Crippen molar-refractivity contribution in [3.8, 4) is 0 Å². The van der Waals surface area contributed by atoms with Gasteiger partial charge in [-0.3, -0.25) is 4.79 Å². The van der Waals surface area contributed by atoms with Gasteiger partial charge in [0, 0.05) is 13.1 Å². The maximum absolute atomic E-state index is 9.86. The molecule has 1 rings (SSSR count). The first kappa shape index (κ1) is 6.55. The van der Waals surface area contributed by atoms with Crippen molar-refractivity contribution in [2.45, 2.75) is 19.3 Å². The topological polar surface area (TPSA) is 34.4 Å². The molecule has 0 N–H and O–H groups in total. The van der Waals surface area contributed by atoms with Gasteiger partial charge in [-0.25, -0.2) is 0 Å². The van der Waals surface area contributed by atoms with Gasteiger partial charge in [-0.15, -0.1) is 0 Å². The highest BCUT2D eigenvalue weighted by Crippen LogP contribution is 2.05. The number of carbonyl (C=O) groups excluding carboxylic acids is 1. The van der Waals surface area contributed by atoms with Crippen LogP contribution < -0.4 is 5.43 Å². The summed E-state index contributed by atoms with van der Waals surface area (Å²) < 4.78 is 0. The van der Waals surface area contributed by atoms with Crippen molar-refractivity contribution >= 4 is 6.41 Å². The first-order valence-electron chi connectivity index (χ1n) is 3.33. The van der Waals surface area contributed by atoms with Gasteiger partial charge in [-0.1, -0.05) is 6.42 Å². The molecule has 0 aromatic carbocycles. The molecular formula is C6H11N2O. The quantitative estimate of drug-likeness (QED) is 0.495. The summed E-state index contributed by atoms with van der Waals surface area (Å²) in [6.07, 6.45) is 4.25. The Hall–Kier alpha value is -0.570. The van der Waals surface area contributed by atoms with Crippen molar-refractivity contribution in [3.63, 3.8) is 0 Å². The molecule has 1 heterocycles. The second kappa shape index (κ2) is 3.45. The van der Waals surface area contributed by atoms with Crippen LogP contribution >= 0.6 is 0 Å². The van der Waals surface area contributed by atoms with E-state index in [-0.39, 0.29) is 0 Å². The lowest BCUT2D eigenvalue weighted by molar-refractivity contribution is -0.114. The van der Waals surface area contributed by atoms with E-state index in [2.05, 4.69) is 5.43 Å². The number of hydrogen-bond donors (Lipinski definition) is 0. The molecule has 1 radical (unpaired) electrons. The lowest BCUT2D eigenvalue weighted by Crippen LogP contribution is -2.35. The summed E-state index contributed by atoms with van der Waals surface area (Å²) in [6, 6.07) is 0. The Labute approximate surface area is 55.0 Å². The fourth-order valence-electron chi connectivity index (χ4n) is 1.06. The standard InChI is InChI=1S/C6H11N2O/c9-6-7-8-4-2-1-3-5-8/h6H,1-5H2. The molecule has 0 bridgehead atoms. The van der Waals surface area contributed by atoms with Gasteiger partial charge in [-0.05, 0) is 12.8 Å². The van der Waals surface area contributed by atoms with E-state index < -0.39 is 0 Å². The van der Waals surface area contributed by atoms with Gasteiger partial charge in [0.2, 0.25) is 6.41 Å². The maximum Gasteiger partial charge on any atom is 0.244 e.